The van der Waals surface area contributed by atoms with Crippen molar-refractivity contribution in [3.63, 3.8) is 0 Å². The van der Waals surface area contributed by atoms with Gasteiger partial charge < -0.3 is 15.0 Å². The zero-order chi connectivity index (χ0) is 13.7. The van der Waals surface area contributed by atoms with Gasteiger partial charge in [-0.25, -0.2) is 8.78 Å². The van der Waals surface area contributed by atoms with Crippen molar-refractivity contribution in [2.24, 2.45) is 0 Å². The molecule has 18 heavy (non-hydrogen) atoms. The lowest BCUT2D eigenvalue weighted by molar-refractivity contribution is 0.130. The van der Waals surface area contributed by atoms with Gasteiger partial charge in [0.15, 0.2) is 0 Å². The number of ether oxygens (including phenoxy) is 1. The third-order valence-electron chi connectivity index (χ3n) is 2.52. The predicted molar refractivity (Wildman–Crippen MR) is 69.5 cm³/mol. The number of anilines is 1. The molecule has 3 nitrogen and oxygen atoms in total. The van der Waals surface area contributed by atoms with E-state index in [0.29, 0.717) is 11.4 Å². The summed E-state index contributed by atoms with van der Waals surface area (Å²) in [6.45, 7) is 2.20. The summed E-state index contributed by atoms with van der Waals surface area (Å²) in [7, 11) is 5.44. The molecule has 0 bridgehead atoms. The molecule has 102 valence electrons. The highest BCUT2D eigenvalue weighted by molar-refractivity contribution is 5.58. The molecule has 1 rings (SSSR count). The van der Waals surface area contributed by atoms with E-state index in [2.05, 4.69) is 5.32 Å². The fraction of sp³-hybridized carbons (Fsp3) is 0.538. The number of halogens is 2. The molecule has 0 fully saturated rings. The molecule has 0 amide bonds. The van der Waals surface area contributed by atoms with Crippen LogP contribution in [-0.2, 0) is 6.54 Å². The Bertz CT molecular complexity index is 383. The lowest BCUT2D eigenvalue weighted by atomic mass is 10.1. The molecular weight excluding hydrogens is 238 g/mol. The van der Waals surface area contributed by atoms with E-state index in [0.717, 1.165) is 12.1 Å². The first-order valence-electron chi connectivity index (χ1n) is 5.80. The largest absolute Gasteiger partial charge is 0.495 e. The fourth-order valence-electron chi connectivity index (χ4n) is 1.64. The summed E-state index contributed by atoms with van der Waals surface area (Å²) in [6.07, 6.45) is -2.41. The molecule has 0 saturated carbocycles. The minimum absolute atomic E-state index is 0.574. The van der Waals surface area contributed by atoms with Gasteiger partial charge in [0, 0.05) is 6.54 Å². The fourth-order valence-corrected chi connectivity index (χ4v) is 1.64. The molecule has 1 aromatic carbocycles. The molecule has 0 aliphatic heterocycles. The summed E-state index contributed by atoms with van der Waals surface area (Å²) >= 11 is 0. The van der Waals surface area contributed by atoms with Crippen molar-refractivity contribution in [3.05, 3.63) is 23.8 Å². The number of alkyl halides is 2. The molecule has 0 aliphatic carbocycles. The van der Waals surface area contributed by atoms with Crippen LogP contribution in [0.25, 0.3) is 0 Å². The molecule has 1 unspecified atom stereocenters. The smallest absolute Gasteiger partial charge is 0.258 e. The van der Waals surface area contributed by atoms with Crippen molar-refractivity contribution in [1.82, 2.24) is 4.90 Å². The highest BCUT2D eigenvalue weighted by Gasteiger charge is 2.16. The van der Waals surface area contributed by atoms with Crippen LogP contribution in [0.15, 0.2) is 18.2 Å². The quantitative estimate of drug-likeness (QED) is 0.849. The molecule has 1 N–H and O–H groups in total. The van der Waals surface area contributed by atoms with E-state index in [9.17, 15) is 8.78 Å². The Labute approximate surface area is 107 Å². The number of nitrogens with zero attached hydrogens (tertiary/aromatic N) is 1. The summed E-state index contributed by atoms with van der Waals surface area (Å²) in [5, 5.41) is 2.78. The van der Waals surface area contributed by atoms with E-state index < -0.39 is 12.5 Å². The molecule has 0 aliphatic rings. The van der Waals surface area contributed by atoms with Crippen molar-refractivity contribution < 1.29 is 13.5 Å². The highest BCUT2D eigenvalue weighted by Crippen LogP contribution is 2.27. The third-order valence-corrected chi connectivity index (χ3v) is 2.52. The van der Waals surface area contributed by atoms with Gasteiger partial charge in [-0.2, -0.15) is 0 Å². The minimum Gasteiger partial charge on any atom is -0.495 e. The lowest BCUT2D eigenvalue weighted by Crippen LogP contribution is -2.24. The van der Waals surface area contributed by atoms with Gasteiger partial charge in [0.1, 0.15) is 5.75 Å². The number of nitrogens with one attached hydrogen (secondary N) is 1. The monoisotopic (exact) mass is 258 g/mol. The maximum Gasteiger partial charge on any atom is 0.258 e. The highest BCUT2D eigenvalue weighted by atomic mass is 19.3. The zero-order valence-corrected chi connectivity index (χ0v) is 11.2. The lowest BCUT2D eigenvalue weighted by Gasteiger charge is -2.18. The normalized spacial score (nSPS) is 12.9. The molecule has 0 aromatic heterocycles. The summed E-state index contributed by atoms with van der Waals surface area (Å²) in [4.78, 5) is 2.02. The van der Waals surface area contributed by atoms with Crippen LogP contribution >= 0.6 is 0 Å². The summed E-state index contributed by atoms with van der Waals surface area (Å²) in [5.41, 5.74) is 1.65. The van der Waals surface area contributed by atoms with Crippen LogP contribution in [0.2, 0.25) is 0 Å². The second-order valence-electron chi connectivity index (χ2n) is 4.54. The zero-order valence-electron chi connectivity index (χ0n) is 11.2. The van der Waals surface area contributed by atoms with Crippen molar-refractivity contribution in [2.45, 2.75) is 25.9 Å². The van der Waals surface area contributed by atoms with Crippen molar-refractivity contribution in [2.75, 3.05) is 26.5 Å². The third kappa shape index (κ3) is 4.14. The van der Waals surface area contributed by atoms with Gasteiger partial charge in [0.25, 0.3) is 6.43 Å². The van der Waals surface area contributed by atoms with Crippen LogP contribution in [0.1, 0.15) is 12.5 Å². The number of benzene rings is 1. The first-order chi connectivity index (χ1) is 8.43. The van der Waals surface area contributed by atoms with Gasteiger partial charge in [0.05, 0.1) is 18.8 Å². The van der Waals surface area contributed by atoms with E-state index in [1.807, 2.05) is 31.1 Å². The van der Waals surface area contributed by atoms with Crippen LogP contribution in [0.5, 0.6) is 5.75 Å². The van der Waals surface area contributed by atoms with E-state index in [4.69, 9.17) is 4.74 Å². The summed E-state index contributed by atoms with van der Waals surface area (Å²) in [6, 6.07) is 4.65. The topological polar surface area (TPSA) is 24.5 Å². The average Bonchev–Trinajstić information content (AvgIpc) is 2.28. The van der Waals surface area contributed by atoms with Gasteiger partial charge in [-0.3, -0.25) is 0 Å². The Morgan fingerprint density at radius 3 is 2.50 bits per heavy atom. The van der Waals surface area contributed by atoms with Gasteiger partial charge in [0.2, 0.25) is 0 Å². The van der Waals surface area contributed by atoms with Crippen LogP contribution in [0.3, 0.4) is 0 Å². The predicted octanol–water partition coefficient (Wildman–Crippen LogP) is 2.82. The maximum atomic E-state index is 12.5. The van der Waals surface area contributed by atoms with E-state index in [-0.39, 0.29) is 0 Å². The van der Waals surface area contributed by atoms with E-state index >= 15 is 0 Å². The van der Waals surface area contributed by atoms with Gasteiger partial charge >= 0.3 is 0 Å². The molecule has 0 spiro atoms. The number of hydrogen-bond acceptors (Lipinski definition) is 3. The Hall–Kier alpha value is -1.36. The van der Waals surface area contributed by atoms with Gasteiger partial charge in [-0.15, -0.1) is 0 Å². The molecule has 1 aromatic rings. The standard InChI is InChI=1S/C13H20F2N2O/c1-9(13(14)15)16-11-7-10(8-17(2)3)5-6-12(11)18-4/h5-7,9,13,16H,8H2,1-4H3. The average molecular weight is 258 g/mol. The summed E-state index contributed by atoms with van der Waals surface area (Å²) < 4.78 is 30.3. The van der Waals surface area contributed by atoms with E-state index in [1.165, 1.54) is 14.0 Å². The molecule has 5 heteroatoms. The molecular formula is C13H20F2N2O. The molecule has 0 saturated heterocycles. The Balaban J connectivity index is 2.91. The number of rotatable bonds is 6. The van der Waals surface area contributed by atoms with Crippen molar-refractivity contribution >= 4 is 5.69 Å². The van der Waals surface area contributed by atoms with Crippen LogP contribution < -0.4 is 10.1 Å². The molecule has 0 radical (unpaired) electrons. The Morgan fingerprint density at radius 2 is 2.00 bits per heavy atom. The Morgan fingerprint density at radius 1 is 1.33 bits per heavy atom. The molecule has 1 atom stereocenters. The first-order valence-corrected chi connectivity index (χ1v) is 5.80. The van der Waals surface area contributed by atoms with Crippen LogP contribution in [0.4, 0.5) is 14.5 Å². The first kappa shape index (κ1) is 14.7. The van der Waals surface area contributed by atoms with Gasteiger partial charge in [-0.05, 0) is 38.7 Å². The second-order valence-corrected chi connectivity index (χ2v) is 4.54. The van der Waals surface area contributed by atoms with Gasteiger partial charge in [-0.1, -0.05) is 6.07 Å². The van der Waals surface area contributed by atoms with E-state index in [1.54, 1.807) is 6.07 Å². The Kier molecular flexibility index (Phi) is 5.34. The van der Waals surface area contributed by atoms with Crippen LogP contribution in [0, 0.1) is 0 Å². The van der Waals surface area contributed by atoms with Crippen LogP contribution in [-0.4, -0.2) is 38.6 Å². The number of hydrogen-bond donors (Lipinski definition) is 1. The number of methoxy groups -OCH3 is 1. The maximum absolute atomic E-state index is 12.5. The second kappa shape index (κ2) is 6.54. The van der Waals surface area contributed by atoms with Crippen molar-refractivity contribution in [1.29, 1.82) is 0 Å². The summed E-state index contributed by atoms with van der Waals surface area (Å²) in [5.74, 6) is 0.574. The van der Waals surface area contributed by atoms with Crippen molar-refractivity contribution in [3.8, 4) is 5.75 Å². The minimum atomic E-state index is -2.41. The molecule has 0 heterocycles. The SMILES string of the molecule is COc1ccc(CN(C)C)cc1NC(C)C(F)F.